The topological polar surface area (TPSA) is 26.0 Å². The molecule has 1 unspecified atom stereocenters. The van der Waals surface area contributed by atoms with Crippen LogP contribution in [0.3, 0.4) is 0 Å². The maximum Gasteiger partial charge on any atom is 0.126 e. The molecule has 2 aromatic carbocycles. The molecule has 0 aromatic heterocycles. The summed E-state index contributed by atoms with van der Waals surface area (Å²) < 4.78 is 26.4. The van der Waals surface area contributed by atoms with Crippen molar-refractivity contribution in [1.82, 2.24) is 0 Å². The quantitative estimate of drug-likeness (QED) is 0.906. The predicted molar refractivity (Wildman–Crippen MR) is 75.5 cm³/mol. The highest BCUT2D eigenvalue weighted by atomic mass is 19.1. The first kappa shape index (κ1) is 13.3. The van der Waals surface area contributed by atoms with E-state index in [1.165, 1.54) is 29.7 Å². The van der Waals surface area contributed by atoms with Gasteiger partial charge in [-0.1, -0.05) is 18.2 Å². The third-order valence-corrected chi connectivity index (χ3v) is 3.93. The third kappa shape index (κ3) is 2.73. The molecule has 0 spiro atoms. The molecule has 0 saturated carbocycles. The number of rotatable bonds is 3. The van der Waals surface area contributed by atoms with Gasteiger partial charge in [-0.15, -0.1) is 0 Å². The van der Waals surface area contributed by atoms with Gasteiger partial charge in [0.05, 0.1) is 0 Å². The predicted octanol–water partition coefficient (Wildman–Crippen LogP) is 3.70. The Labute approximate surface area is 117 Å². The van der Waals surface area contributed by atoms with Crippen molar-refractivity contribution >= 4 is 0 Å². The van der Waals surface area contributed by atoms with E-state index in [1.807, 2.05) is 0 Å². The number of hydrogen-bond donors (Lipinski definition) is 1. The van der Waals surface area contributed by atoms with Crippen LogP contribution >= 0.6 is 0 Å². The molecule has 2 N–H and O–H groups in total. The molecule has 20 heavy (non-hydrogen) atoms. The Morgan fingerprint density at radius 3 is 2.40 bits per heavy atom. The molecule has 3 heteroatoms. The number of halogens is 2. The van der Waals surface area contributed by atoms with Crippen molar-refractivity contribution in [1.29, 1.82) is 0 Å². The summed E-state index contributed by atoms with van der Waals surface area (Å²) in [5.41, 5.74) is 10.5. The first-order chi connectivity index (χ1) is 9.61. The Morgan fingerprint density at radius 2 is 1.65 bits per heavy atom. The average molecular weight is 273 g/mol. The molecule has 1 aliphatic carbocycles. The number of fused-ring (bicyclic) bond motifs is 1. The SMILES string of the molecule is NC(Cc1ccc2c(c1)CCC2)c1cc(F)cc(F)c1. The van der Waals surface area contributed by atoms with Crippen LogP contribution in [0.25, 0.3) is 0 Å². The molecule has 0 bridgehead atoms. The summed E-state index contributed by atoms with van der Waals surface area (Å²) in [4.78, 5) is 0. The van der Waals surface area contributed by atoms with E-state index >= 15 is 0 Å². The lowest BCUT2D eigenvalue weighted by Crippen LogP contribution is -2.14. The van der Waals surface area contributed by atoms with Crippen LogP contribution in [0.15, 0.2) is 36.4 Å². The van der Waals surface area contributed by atoms with Crippen molar-refractivity contribution in [2.45, 2.75) is 31.7 Å². The van der Waals surface area contributed by atoms with Crippen molar-refractivity contribution in [3.05, 3.63) is 70.3 Å². The highest BCUT2D eigenvalue weighted by Crippen LogP contribution is 2.25. The number of aryl methyl sites for hydroxylation is 2. The van der Waals surface area contributed by atoms with Crippen LogP contribution in [-0.2, 0) is 19.3 Å². The summed E-state index contributed by atoms with van der Waals surface area (Å²) in [5.74, 6) is -1.16. The van der Waals surface area contributed by atoms with Crippen LogP contribution < -0.4 is 5.73 Å². The molecule has 0 radical (unpaired) electrons. The van der Waals surface area contributed by atoms with E-state index in [9.17, 15) is 8.78 Å². The highest BCUT2D eigenvalue weighted by Gasteiger charge is 2.14. The third-order valence-electron chi connectivity index (χ3n) is 3.93. The van der Waals surface area contributed by atoms with Gasteiger partial charge in [-0.2, -0.15) is 0 Å². The molecular formula is C17H17F2N. The van der Waals surface area contributed by atoms with Gasteiger partial charge in [0.25, 0.3) is 0 Å². The molecule has 1 aliphatic rings. The summed E-state index contributed by atoms with van der Waals surface area (Å²) in [6, 6.07) is 9.49. The molecule has 0 aliphatic heterocycles. The van der Waals surface area contributed by atoms with Crippen LogP contribution in [0.1, 0.15) is 34.7 Å². The van der Waals surface area contributed by atoms with Gasteiger partial charge in [0.15, 0.2) is 0 Å². The molecule has 2 aromatic rings. The van der Waals surface area contributed by atoms with Gasteiger partial charge in [-0.3, -0.25) is 0 Å². The highest BCUT2D eigenvalue weighted by molar-refractivity contribution is 5.36. The van der Waals surface area contributed by atoms with Crippen molar-refractivity contribution in [3.8, 4) is 0 Å². The van der Waals surface area contributed by atoms with Crippen LogP contribution in [0.5, 0.6) is 0 Å². The first-order valence-corrected chi connectivity index (χ1v) is 6.94. The zero-order valence-corrected chi connectivity index (χ0v) is 11.2. The van der Waals surface area contributed by atoms with Gasteiger partial charge < -0.3 is 5.73 Å². The number of hydrogen-bond acceptors (Lipinski definition) is 1. The van der Waals surface area contributed by atoms with Gasteiger partial charge in [-0.05, 0) is 60.1 Å². The van der Waals surface area contributed by atoms with Crippen molar-refractivity contribution in [2.24, 2.45) is 5.73 Å². The first-order valence-electron chi connectivity index (χ1n) is 6.94. The van der Waals surface area contributed by atoms with E-state index in [4.69, 9.17) is 5.73 Å². The fourth-order valence-corrected chi connectivity index (χ4v) is 2.91. The summed E-state index contributed by atoms with van der Waals surface area (Å²) >= 11 is 0. The van der Waals surface area contributed by atoms with E-state index in [2.05, 4.69) is 18.2 Å². The maximum atomic E-state index is 13.2. The minimum absolute atomic E-state index is 0.389. The van der Waals surface area contributed by atoms with Gasteiger partial charge in [0.2, 0.25) is 0 Å². The Hall–Kier alpha value is -1.74. The molecule has 1 nitrogen and oxygen atoms in total. The second-order valence-electron chi connectivity index (χ2n) is 5.47. The number of benzene rings is 2. The van der Waals surface area contributed by atoms with E-state index < -0.39 is 11.6 Å². The Kier molecular flexibility index (Phi) is 3.53. The van der Waals surface area contributed by atoms with Gasteiger partial charge in [0, 0.05) is 12.1 Å². The Balaban J connectivity index is 1.80. The minimum atomic E-state index is -0.579. The molecule has 3 rings (SSSR count). The standard InChI is InChI=1S/C17H17F2N/c18-15-8-14(9-16(19)10-15)17(20)7-11-4-5-12-2-1-3-13(12)6-11/h4-6,8-10,17H,1-3,7,20H2. The van der Waals surface area contributed by atoms with Gasteiger partial charge in [-0.25, -0.2) is 8.78 Å². The largest absolute Gasteiger partial charge is 0.324 e. The average Bonchev–Trinajstić information content (AvgIpc) is 2.85. The smallest absolute Gasteiger partial charge is 0.126 e. The molecule has 0 heterocycles. The fraction of sp³-hybridized carbons (Fsp3) is 0.294. The minimum Gasteiger partial charge on any atom is -0.324 e. The molecule has 0 fully saturated rings. The van der Waals surface area contributed by atoms with E-state index in [0.29, 0.717) is 12.0 Å². The van der Waals surface area contributed by atoms with Crippen molar-refractivity contribution in [3.63, 3.8) is 0 Å². The summed E-state index contributed by atoms with van der Waals surface area (Å²) in [5, 5.41) is 0. The van der Waals surface area contributed by atoms with E-state index in [1.54, 1.807) is 0 Å². The summed E-state index contributed by atoms with van der Waals surface area (Å²) in [6.07, 6.45) is 4.07. The van der Waals surface area contributed by atoms with Crippen LogP contribution in [0.2, 0.25) is 0 Å². The van der Waals surface area contributed by atoms with Gasteiger partial charge in [0.1, 0.15) is 11.6 Å². The monoisotopic (exact) mass is 273 g/mol. The Morgan fingerprint density at radius 1 is 0.950 bits per heavy atom. The second kappa shape index (κ2) is 5.33. The zero-order valence-electron chi connectivity index (χ0n) is 11.2. The number of nitrogens with two attached hydrogens (primary N) is 1. The van der Waals surface area contributed by atoms with Crippen molar-refractivity contribution < 1.29 is 8.78 Å². The Bertz CT molecular complexity index is 617. The zero-order chi connectivity index (χ0) is 14.1. The lowest BCUT2D eigenvalue weighted by Gasteiger charge is -2.13. The van der Waals surface area contributed by atoms with Crippen LogP contribution in [-0.4, -0.2) is 0 Å². The summed E-state index contributed by atoms with van der Waals surface area (Å²) in [6.45, 7) is 0. The maximum absolute atomic E-state index is 13.2. The lowest BCUT2D eigenvalue weighted by molar-refractivity contribution is 0.572. The van der Waals surface area contributed by atoms with E-state index in [-0.39, 0.29) is 6.04 Å². The van der Waals surface area contributed by atoms with Crippen LogP contribution in [0.4, 0.5) is 8.78 Å². The van der Waals surface area contributed by atoms with Crippen molar-refractivity contribution in [2.75, 3.05) is 0 Å². The lowest BCUT2D eigenvalue weighted by atomic mass is 9.97. The molecule has 0 saturated heterocycles. The van der Waals surface area contributed by atoms with Crippen LogP contribution in [0, 0.1) is 11.6 Å². The molecule has 0 amide bonds. The van der Waals surface area contributed by atoms with Gasteiger partial charge >= 0.3 is 0 Å². The fourth-order valence-electron chi connectivity index (χ4n) is 2.91. The molecule has 1 atom stereocenters. The summed E-state index contributed by atoms with van der Waals surface area (Å²) in [7, 11) is 0. The normalized spacial score (nSPS) is 15.2. The second-order valence-corrected chi connectivity index (χ2v) is 5.47. The molecular weight excluding hydrogens is 256 g/mol. The van der Waals surface area contributed by atoms with E-state index in [0.717, 1.165) is 24.5 Å². The molecule has 104 valence electrons.